The summed E-state index contributed by atoms with van der Waals surface area (Å²) in [5.74, 6) is 0. The Hall–Kier alpha value is -0.450. The number of hydrogen-bond acceptors (Lipinski definition) is 4. The van der Waals surface area contributed by atoms with Crippen molar-refractivity contribution in [3.63, 3.8) is 0 Å². The Labute approximate surface area is 107 Å². The van der Waals surface area contributed by atoms with Crippen LogP contribution in [0.25, 0.3) is 0 Å². The van der Waals surface area contributed by atoms with E-state index in [-0.39, 0.29) is 0 Å². The highest BCUT2D eigenvalue weighted by Crippen LogP contribution is 2.22. The normalized spacial score (nSPS) is 20.6. The first-order valence-electron chi connectivity index (χ1n) is 6.47. The van der Waals surface area contributed by atoms with Crippen molar-refractivity contribution in [2.75, 3.05) is 13.1 Å². The molecule has 3 nitrogen and oxygen atoms in total. The molecule has 17 heavy (non-hydrogen) atoms. The van der Waals surface area contributed by atoms with Gasteiger partial charge in [0, 0.05) is 25.0 Å². The van der Waals surface area contributed by atoms with E-state index in [1.165, 1.54) is 17.1 Å². The molecule has 1 fully saturated rings. The van der Waals surface area contributed by atoms with Crippen LogP contribution in [0.5, 0.6) is 0 Å². The molecule has 0 amide bonds. The van der Waals surface area contributed by atoms with Gasteiger partial charge in [0.15, 0.2) is 0 Å². The van der Waals surface area contributed by atoms with Gasteiger partial charge in [-0.1, -0.05) is 6.92 Å². The molecule has 0 aliphatic carbocycles. The molecule has 2 rings (SSSR count). The number of nitrogens with zero attached hydrogens (tertiary/aromatic N) is 2. The van der Waals surface area contributed by atoms with E-state index in [0.29, 0.717) is 0 Å². The van der Waals surface area contributed by atoms with Gasteiger partial charge in [0.2, 0.25) is 0 Å². The van der Waals surface area contributed by atoms with E-state index in [4.69, 9.17) is 0 Å². The molecule has 0 atom stereocenters. The van der Waals surface area contributed by atoms with Gasteiger partial charge in [0.05, 0.1) is 16.3 Å². The second kappa shape index (κ2) is 5.46. The number of likely N-dealkylation sites (tertiary alicyclic amines) is 1. The zero-order chi connectivity index (χ0) is 12.3. The minimum atomic E-state index is -0.452. The third-order valence-electron chi connectivity index (χ3n) is 3.38. The summed E-state index contributed by atoms with van der Waals surface area (Å²) in [6.07, 6.45) is 4.01. The van der Waals surface area contributed by atoms with E-state index < -0.39 is 5.60 Å². The van der Waals surface area contributed by atoms with Crippen molar-refractivity contribution in [3.05, 3.63) is 16.1 Å². The third-order valence-corrected chi connectivity index (χ3v) is 4.34. The molecular formula is C13H22N2OS. The molecule has 4 heteroatoms. The highest BCUT2D eigenvalue weighted by molar-refractivity contribution is 7.09. The molecule has 0 spiro atoms. The number of hydrogen-bond donors (Lipinski definition) is 1. The molecular weight excluding hydrogens is 232 g/mol. The van der Waals surface area contributed by atoms with Gasteiger partial charge in [-0.2, -0.15) is 0 Å². The summed E-state index contributed by atoms with van der Waals surface area (Å²) in [5.41, 5.74) is 0.742. The maximum Gasteiger partial charge on any atom is 0.0928 e. The fourth-order valence-corrected chi connectivity index (χ4v) is 3.06. The molecule has 1 N–H and O–H groups in total. The van der Waals surface area contributed by atoms with Crippen molar-refractivity contribution in [1.82, 2.24) is 9.88 Å². The van der Waals surface area contributed by atoms with Gasteiger partial charge in [-0.05, 0) is 32.6 Å². The van der Waals surface area contributed by atoms with Crippen LogP contribution in [0.15, 0.2) is 5.38 Å². The van der Waals surface area contributed by atoms with Gasteiger partial charge in [0.1, 0.15) is 0 Å². The largest absolute Gasteiger partial charge is 0.390 e. The van der Waals surface area contributed by atoms with Crippen LogP contribution in [0, 0.1) is 0 Å². The quantitative estimate of drug-likeness (QED) is 0.896. The number of rotatable bonds is 4. The molecule has 1 saturated heterocycles. The van der Waals surface area contributed by atoms with Crippen molar-refractivity contribution in [3.8, 4) is 0 Å². The first-order chi connectivity index (χ1) is 8.09. The fourth-order valence-electron chi connectivity index (χ4n) is 2.17. The van der Waals surface area contributed by atoms with Crippen LogP contribution < -0.4 is 0 Å². The number of thiazole rings is 1. The molecule has 1 aliphatic heterocycles. The van der Waals surface area contributed by atoms with Crippen LogP contribution in [-0.2, 0) is 13.0 Å². The number of piperidine rings is 1. The zero-order valence-corrected chi connectivity index (χ0v) is 11.6. The molecule has 96 valence electrons. The lowest BCUT2D eigenvalue weighted by atomic mass is 9.94. The summed E-state index contributed by atoms with van der Waals surface area (Å²) >= 11 is 1.78. The predicted molar refractivity (Wildman–Crippen MR) is 71.2 cm³/mol. The van der Waals surface area contributed by atoms with Crippen molar-refractivity contribution in [1.29, 1.82) is 0 Å². The average molecular weight is 254 g/mol. The Kier molecular flexibility index (Phi) is 4.17. The van der Waals surface area contributed by atoms with Crippen LogP contribution in [0.4, 0.5) is 0 Å². The third kappa shape index (κ3) is 3.76. The lowest BCUT2D eigenvalue weighted by molar-refractivity contribution is -0.00754. The monoisotopic (exact) mass is 254 g/mol. The second-order valence-corrected chi connectivity index (χ2v) is 6.20. The van der Waals surface area contributed by atoms with Crippen molar-refractivity contribution >= 4 is 11.3 Å². The second-order valence-electron chi connectivity index (χ2n) is 5.26. The molecule has 1 aliphatic rings. The first-order valence-corrected chi connectivity index (χ1v) is 7.35. The highest BCUT2D eigenvalue weighted by atomic mass is 32.1. The summed E-state index contributed by atoms with van der Waals surface area (Å²) in [6.45, 7) is 7.03. The minimum Gasteiger partial charge on any atom is -0.390 e. The molecule has 0 saturated carbocycles. The first kappa shape index (κ1) is 13.0. The summed E-state index contributed by atoms with van der Waals surface area (Å²) in [7, 11) is 0. The minimum absolute atomic E-state index is 0.452. The van der Waals surface area contributed by atoms with E-state index >= 15 is 0 Å². The van der Waals surface area contributed by atoms with Crippen molar-refractivity contribution in [2.24, 2.45) is 0 Å². The van der Waals surface area contributed by atoms with E-state index in [1.54, 1.807) is 11.3 Å². The van der Waals surface area contributed by atoms with Crippen LogP contribution in [0.1, 0.15) is 43.8 Å². The van der Waals surface area contributed by atoms with Gasteiger partial charge in [-0.25, -0.2) is 4.98 Å². The Morgan fingerprint density at radius 1 is 1.47 bits per heavy atom. The van der Waals surface area contributed by atoms with Crippen LogP contribution in [-0.4, -0.2) is 33.7 Å². The van der Waals surface area contributed by atoms with Gasteiger partial charge in [-0.15, -0.1) is 11.3 Å². The molecule has 1 aromatic heterocycles. The van der Waals surface area contributed by atoms with E-state index in [9.17, 15) is 5.11 Å². The smallest absolute Gasteiger partial charge is 0.0928 e. The molecule has 0 bridgehead atoms. The van der Waals surface area contributed by atoms with Gasteiger partial charge in [-0.3, -0.25) is 4.90 Å². The summed E-state index contributed by atoms with van der Waals surface area (Å²) in [4.78, 5) is 7.04. The van der Waals surface area contributed by atoms with Crippen molar-refractivity contribution < 1.29 is 5.11 Å². The SMILES string of the molecule is CCCc1nc(CN2CCC(C)(O)CC2)cs1. The van der Waals surface area contributed by atoms with E-state index in [2.05, 4.69) is 22.2 Å². The molecule has 1 aromatic rings. The van der Waals surface area contributed by atoms with Crippen LogP contribution in [0.2, 0.25) is 0 Å². The van der Waals surface area contributed by atoms with Gasteiger partial charge < -0.3 is 5.11 Å². The number of aryl methyl sites for hydroxylation is 1. The van der Waals surface area contributed by atoms with E-state index in [0.717, 1.165) is 38.9 Å². The number of aromatic nitrogens is 1. The van der Waals surface area contributed by atoms with Gasteiger partial charge >= 0.3 is 0 Å². The maximum absolute atomic E-state index is 9.89. The Balaban J connectivity index is 1.84. The number of aliphatic hydroxyl groups is 1. The van der Waals surface area contributed by atoms with Crippen molar-refractivity contribution in [2.45, 2.75) is 51.7 Å². The molecule has 0 unspecified atom stereocenters. The van der Waals surface area contributed by atoms with Crippen LogP contribution >= 0.6 is 11.3 Å². The zero-order valence-electron chi connectivity index (χ0n) is 10.8. The maximum atomic E-state index is 9.89. The standard InChI is InChI=1S/C13H22N2OS/c1-3-4-12-14-11(10-17-12)9-15-7-5-13(2,16)6-8-15/h10,16H,3-9H2,1-2H3. The summed E-state index contributed by atoms with van der Waals surface area (Å²) < 4.78 is 0. The fraction of sp³-hybridized carbons (Fsp3) is 0.769. The summed E-state index contributed by atoms with van der Waals surface area (Å²) in [5, 5.41) is 13.3. The topological polar surface area (TPSA) is 36.4 Å². The Morgan fingerprint density at radius 3 is 2.82 bits per heavy atom. The predicted octanol–water partition coefficient (Wildman–Crippen LogP) is 2.44. The molecule has 2 heterocycles. The Morgan fingerprint density at radius 2 is 2.18 bits per heavy atom. The Bertz CT molecular complexity index is 352. The lowest BCUT2D eigenvalue weighted by Crippen LogP contribution is -2.42. The molecule has 0 radical (unpaired) electrons. The summed E-state index contributed by atoms with van der Waals surface area (Å²) in [6, 6.07) is 0. The lowest BCUT2D eigenvalue weighted by Gasteiger charge is -2.35. The highest BCUT2D eigenvalue weighted by Gasteiger charge is 2.27. The average Bonchev–Trinajstić information content (AvgIpc) is 2.70. The van der Waals surface area contributed by atoms with Crippen LogP contribution in [0.3, 0.4) is 0 Å². The van der Waals surface area contributed by atoms with Gasteiger partial charge in [0.25, 0.3) is 0 Å². The van der Waals surface area contributed by atoms with E-state index in [1.807, 2.05) is 6.92 Å². The molecule has 0 aromatic carbocycles.